The van der Waals surface area contributed by atoms with Gasteiger partial charge in [0.05, 0.1) is 20.1 Å². The first-order chi connectivity index (χ1) is 16.1. The number of carbonyl (C=O) groups excluding carboxylic acids is 2. The molecular weight excluding hydrogens is 416 g/mol. The van der Waals surface area contributed by atoms with Gasteiger partial charge < -0.3 is 19.7 Å². The Bertz CT molecular complexity index is 1100. The Morgan fingerprint density at radius 3 is 2.27 bits per heavy atom. The van der Waals surface area contributed by atoms with Gasteiger partial charge >= 0.3 is 0 Å². The Labute approximate surface area is 194 Å². The third-order valence-electron chi connectivity index (χ3n) is 6.13. The van der Waals surface area contributed by atoms with Gasteiger partial charge in [-0.3, -0.25) is 9.59 Å². The fourth-order valence-corrected chi connectivity index (χ4v) is 4.36. The van der Waals surface area contributed by atoms with Crippen LogP contribution in [0.2, 0.25) is 0 Å². The number of amides is 2. The van der Waals surface area contributed by atoms with Crippen LogP contribution >= 0.6 is 0 Å². The molecule has 4 rings (SSSR count). The van der Waals surface area contributed by atoms with Crippen LogP contribution in [0, 0.1) is 5.92 Å². The molecule has 6 nitrogen and oxygen atoms in total. The highest BCUT2D eigenvalue weighted by molar-refractivity contribution is 5.95. The highest BCUT2D eigenvalue weighted by Crippen LogP contribution is 2.38. The van der Waals surface area contributed by atoms with Crippen molar-refractivity contribution < 1.29 is 19.1 Å². The lowest BCUT2D eigenvalue weighted by atomic mass is 9.87. The van der Waals surface area contributed by atoms with Gasteiger partial charge in [-0.05, 0) is 41.5 Å². The number of para-hydroxylation sites is 1. The summed E-state index contributed by atoms with van der Waals surface area (Å²) in [5.74, 6) is 0.696. The van der Waals surface area contributed by atoms with Crippen molar-refractivity contribution in [3.05, 3.63) is 95.6 Å². The van der Waals surface area contributed by atoms with Crippen molar-refractivity contribution in [3.63, 3.8) is 0 Å². The molecule has 170 valence electrons. The molecule has 1 N–H and O–H groups in total. The van der Waals surface area contributed by atoms with Crippen molar-refractivity contribution in [1.82, 2.24) is 10.2 Å². The molecule has 1 heterocycles. The smallest absolute Gasteiger partial charge is 0.253 e. The zero-order chi connectivity index (χ0) is 23.2. The van der Waals surface area contributed by atoms with Gasteiger partial charge in [-0.15, -0.1) is 0 Å². The van der Waals surface area contributed by atoms with E-state index < -0.39 is 0 Å². The summed E-state index contributed by atoms with van der Waals surface area (Å²) < 4.78 is 10.8. The van der Waals surface area contributed by atoms with E-state index in [1.54, 1.807) is 43.4 Å². The first-order valence-corrected chi connectivity index (χ1v) is 11.0. The monoisotopic (exact) mass is 444 g/mol. The molecule has 0 saturated carbocycles. The minimum Gasteiger partial charge on any atom is -0.497 e. The molecule has 0 bridgehead atoms. The van der Waals surface area contributed by atoms with E-state index in [1.165, 1.54) is 0 Å². The van der Waals surface area contributed by atoms with Crippen LogP contribution in [0.5, 0.6) is 11.5 Å². The van der Waals surface area contributed by atoms with E-state index in [4.69, 9.17) is 9.47 Å². The number of benzene rings is 3. The number of hydrogen-bond donors (Lipinski definition) is 1. The minimum atomic E-state index is -0.382. The summed E-state index contributed by atoms with van der Waals surface area (Å²) >= 11 is 0. The molecule has 3 aromatic carbocycles. The number of nitrogens with one attached hydrogen (secondary N) is 1. The lowest BCUT2D eigenvalue weighted by Crippen LogP contribution is -2.35. The molecule has 1 saturated heterocycles. The van der Waals surface area contributed by atoms with Gasteiger partial charge in [-0.1, -0.05) is 48.5 Å². The molecule has 0 aromatic heterocycles. The summed E-state index contributed by atoms with van der Waals surface area (Å²) in [4.78, 5) is 28.3. The van der Waals surface area contributed by atoms with E-state index in [0.717, 1.165) is 16.9 Å². The molecule has 0 unspecified atom stereocenters. The Hall–Kier alpha value is -3.80. The topological polar surface area (TPSA) is 67.9 Å². The summed E-state index contributed by atoms with van der Waals surface area (Å²) in [6.07, 6.45) is 0. The maximum atomic E-state index is 13.3. The zero-order valence-electron chi connectivity index (χ0n) is 18.9. The van der Waals surface area contributed by atoms with E-state index in [1.807, 2.05) is 54.6 Å². The van der Waals surface area contributed by atoms with Gasteiger partial charge in [0.1, 0.15) is 11.5 Å². The Balaban J connectivity index is 1.57. The molecular formula is C27H28N2O4. The second-order valence-electron chi connectivity index (χ2n) is 8.10. The van der Waals surface area contributed by atoms with Crippen molar-refractivity contribution in [2.45, 2.75) is 12.5 Å². The summed E-state index contributed by atoms with van der Waals surface area (Å²) in [6, 6.07) is 24.5. The predicted octanol–water partition coefficient (Wildman–Crippen LogP) is 3.88. The Morgan fingerprint density at radius 2 is 1.58 bits per heavy atom. The van der Waals surface area contributed by atoms with Crippen molar-refractivity contribution in [1.29, 1.82) is 0 Å². The van der Waals surface area contributed by atoms with Crippen LogP contribution in [-0.2, 0) is 11.3 Å². The summed E-state index contributed by atoms with van der Waals surface area (Å²) in [7, 11) is 3.21. The molecule has 1 aliphatic heterocycles. The van der Waals surface area contributed by atoms with Gasteiger partial charge in [0.25, 0.3) is 5.91 Å². The number of nitrogens with zero attached hydrogens (tertiary/aromatic N) is 1. The molecule has 2 atom stereocenters. The maximum Gasteiger partial charge on any atom is 0.253 e. The van der Waals surface area contributed by atoms with Crippen molar-refractivity contribution in [2.75, 3.05) is 27.3 Å². The largest absolute Gasteiger partial charge is 0.497 e. The van der Waals surface area contributed by atoms with Gasteiger partial charge in [-0.2, -0.15) is 0 Å². The molecule has 1 aliphatic rings. The van der Waals surface area contributed by atoms with E-state index in [9.17, 15) is 9.59 Å². The SMILES string of the molecule is COc1ccc(C(=O)N2C[C@H](c3ccccc3OC)[C@H](C(=O)NCc3ccccc3)C2)cc1. The number of hydrogen-bond acceptors (Lipinski definition) is 4. The fourth-order valence-electron chi connectivity index (χ4n) is 4.36. The standard InChI is InChI=1S/C27H28N2O4/c1-32-21-14-12-20(13-15-21)27(31)29-17-23(22-10-6-7-11-25(22)33-2)24(18-29)26(30)28-16-19-8-4-3-5-9-19/h3-15,23-24H,16-18H2,1-2H3,(H,28,30)/t23-,24-/m1/s1. The second-order valence-corrected chi connectivity index (χ2v) is 8.10. The van der Waals surface area contributed by atoms with Crippen LogP contribution in [0.3, 0.4) is 0 Å². The summed E-state index contributed by atoms with van der Waals surface area (Å²) in [6.45, 7) is 1.23. The van der Waals surface area contributed by atoms with Crippen molar-refractivity contribution in [3.8, 4) is 11.5 Å². The predicted molar refractivity (Wildman–Crippen MR) is 126 cm³/mol. The summed E-state index contributed by atoms with van der Waals surface area (Å²) in [5, 5.41) is 3.06. The van der Waals surface area contributed by atoms with Gasteiger partial charge in [0.15, 0.2) is 0 Å². The average molecular weight is 445 g/mol. The van der Waals surface area contributed by atoms with Crippen molar-refractivity contribution in [2.24, 2.45) is 5.92 Å². The van der Waals surface area contributed by atoms with E-state index in [-0.39, 0.29) is 23.7 Å². The van der Waals surface area contributed by atoms with Crippen LogP contribution in [0.4, 0.5) is 0 Å². The fraction of sp³-hybridized carbons (Fsp3) is 0.259. The van der Waals surface area contributed by atoms with E-state index in [2.05, 4.69) is 5.32 Å². The van der Waals surface area contributed by atoms with Crippen LogP contribution in [-0.4, -0.2) is 44.0 Å². The number of likely N-dealkylation sites (tertiary alicyclic amines) is 1. The quantitative estimate of drug-likeness (QED) is 0.601. The minimum absolute atomic E-state index is 0.0696. The van der Waals surface area contributed by atoms with Gasteiger partial charge in [-0.25, -0.2) is 0 Å². The van der Waals surface area contributed by atoms with E-state index >= 15 is 0 Å². The number of rotatable bonds is 7. The Kier molecular flexibility index (Phi) is 6.93. The zero-order valence-corrected chi connectivity index (χ0v) is 18.9. The average Bonchev–Trinajstić information content (AvgIpc) is 3.33. The molecule has 0 spiro atoms. The molecule has 0 aliphatic carbocycles. The third kappa shape index (κ3) is 5.00. The van der Waals surface area contributed by atoms with Crippen LogP contribution < -0.4 is 14.8 Å². The number of ether oxygens (including phenoxy) is 2. The highest BCUT2D eigenvalue weighted by atomic mass is 16.5. The van der Waals surface area contributed by atoms with E-state index in [0.29, 0.717) is 30.9 Å². The lowest BCUT2D eigenvalue weighted by Gasteiger charge is -2.20. The molecule has 2 amide bonds. The van der Waals surface area contributed by atoms with Crippen LogP contribution in [0.15, 0.2) is 78.9 Å². The van der Waals surface area contributed by atoms with Crippen LogP contribution in [0.25, 0.3) is 0 Å². The molecule has 6 heteroatoms. The number of methoxy groups -OCH3 is 2. The third-order valence-corrected chi connectivity index (χ3v) is 6.13. The van der Waals surface area contributed by atoms with Crippen molar-refractivity contribution >= 4 is 11.8 Å². The van der Waals surface area contributed by atoms with Gasteiger partial charge in [0.2, 0.25) is 5.91 Å². The molecule has 1 fully saturated rings. The highest BCUT2D eigenvalue weighted by Gasteiger charge is 2.41. The Morgan fingerprint density at radius 1 is 0.879 bits per heavy atom. The molecule has 33 heavy (non-hydrogen) atoms. The summed E-state index contributed by atoms with van der Waals surface area (Å²) in [5.41, 5.74) is 2.54. The first-order valence-electron chi connectivity index (χ1n) is 11.0. The lowest BCUT2D eigenvalue weighted by molar-refractivity contribution is -0.125. The van der Waals surface area contributed by atoms with Crippen LogP contribution in [0.1, 0.15) is 27.4 Å². The molecule has 3 aromatic rings. The van der Waals surface area contributed by atoms with Gasteiger partial charge in [0, 0.05) is 31.1 Å². The second kappa shape index (κ2) is 10.2. The maximum absolute atomic E-state index is 13.3. The normalized spacial score (nSPS) is 17.5. The number of carbonyl (C=O) groups is 2. The molecule has 0 radical (unpaired) electrons. The first kappa shape index (κ1) is 22.4.